The molecule has 0 fully saturated rings. The van der Waals surface area contributed by atoms with Gasteiger partial charge in [0.2, 0.25) is 10.0 Å². The molecule has 1 atom stereocenters. The van der Waals surface area contributed by atoms with Gasteiger partial charge in [-0.25, -0.2) is 13.1 Å². The van der Waals surface area contributed by atoms with Gasteiger partial charge in [0, 0.05) is 25.7 Å². The molecule has 1 rings (SSSR count). The van der Waals surface area contributed by atoms with Crippen LogP contribution in [0.1, 0.15) is 6.92 Å². The van der Waals surface area contributed by atoms with Crippen molar-refractivity contribution in [3.8, 4) is 11.5 Å². The Balaban J connectivity index is 2.70. The van der Waals surface area contributed by atoms with Gasteiger partial charge in [0.05, 0.1) is 20.3 Å². The second-order valence-corrected chi connectivity index (χ2v) is 6.20. The van der Waals surface area contributed by atoms with Gasteiger partial charge in [-0.3, -0.25) is 0 Å². The van der Waals surface area contributed by atoms with Gasteiger partial charge in [-0.05, 0) is 19.1 Å². The van der Waals surface area contributed by atoms with E-state index in [2.05, 4.69) is 10.0 Å². The van der Waals surface area contributed by atoms with E-state index in [1.54, 1.807) is 13.0 Å². The highest BCUT2D eigenvalue weighted by Gasteiger charge is 2.19. The van der Waals surface area contributed by atoms with Gasteiger partial charge in [-0.1, -0.05) is 0 Å². The third-order valence-corrected chi connectivity index (χ3v) is 4.19. The minimum atomic E-state index is -3.66. The first-order valence-corrected chi connectivity index (χ1v) is 7.99. The maximum absolute atomic E-state index is 12.2. The molecule has 1 unspecified atom stereocenters. The van der Waals surface area contributed by atoms with Crippen molar-refractivity contribution in [1.82, 2.24) is 10.0 Å². The fourth-order valence-corrected chi connectivity index (χ4v) is 2.84. The first kappa shape index (κ1) is 17.7. The zero-order valence-electron chi connectivity index (χ0n) is 12.4. The number of hydrogen-bond acceptors (Lipinski definition) is 6. The van der Waals surface area contributed by atoms with E-state index >= 15 is 0 Å². The Labute approximate surface area is 125 Å². The van der Waals surface area contributed by atoms with Crippen LogP contribution < -0.4 is 19.5 Å². The van der Waals surface area contributed by atoms with Crippen LogP contribution in [0.15, 0.2) is 23.1 Å². The fraction of sp³-hybridized carbons (Fsp3) is 0.538. The number of ether oxygens (including phenoxy) is 2. The molecule has 0 aliphatic heterocycles. The number of rotatable bonds is 9. The summed E-state index contributed by atoms with van der Waals surface area (Å²) in [7, 11) is -0.766. The van der Waals surface area contributed by atoms with E-state index in [0.29, 0.717) is 18.8 Å². The number of methoxy groups -OCH3 is 2. The van der Waals surface area contributed by atoms with E-state index in [0.717, 1.165) is 0 Å². The molecule has 0 heterocycles. The van der Waals surface area contributed by atoms with Crippen molar-refractivity contribution in [1.29, 1.82) is 0 Å². The normalized spacial score (nSPS) is 13.0. The van der Waals surface area contributed by atoms with E-state index < -0.39 is 16.1 Å². The molecule has 0 saturated carbocycles. The van der Waals surface area contributed by atoms with Crippen LogP contribution in [0.5, 0.6) is 11.5 Å². The smallest absolute Gasteiger partial charge is 0.244 e. The van der Waals surface area contributed by atoms with Gasteiger partial charge in [0.15, 0.2) is 0 Å². The van der Waals surface area contributed by atoms with Crippen LogP contribution >= 0.6 is 0 Å². The maximum atomic E-state index is 12.2. The Morgan fingerprint density at radius 3 is 2.52 bits per heavy atom. The average molecular weight is 318 g/mol. The van der Waals surface area contributed by atoms with Gasteiger partial charge in [-0.2, -0.15) is 0 Å². The van der Waals surface area contributed by atoms with Crippen molar-refractivity contribution in [2.45, 2.75) is 17.9 Å². The average Bonchev–Trinajstić information content (AvgIpc) is 2.45. The first-order chi connectivity index (χ1) is 9.90. The van der Waals surface area contributed by atoms with Crippen LogP contribution in [0, 0.1) is 0 Å². The van der Waals surface area contributed by atoms with Crippen molar-refractivity contribution in [2.24, 2.45) is 0 Å². The van der Waals surface area contributed by atoms with Crippen LogP contribution in [-0.4, -0.2) is 53.5 Å². The molecule has 0 saturated heterocycles. The van der Waals surface area contributed by atoms with E-state index in [1.807, 2.05) is 0 Å². The summed E-state index contributed by atoms with van der Waals surface area (Å²) in [4.78, 5) is 0.0568. The first-order valence-electron chi connectivity index (χ1n) is 6.51. The molecule has 0 radical (unpaired) electrons. The Kier molecular flexibility index (Phi) is 6.90. The van der Waals surface area contributed by atoms with E-state index in [-0.39, 0.29) is 17.2 Å². The molecular weight excluding hydrogens is 296 g/mol. The number of sulfonamides is 1. The van der Waals surface area contributed by atoms with Crippen LogP contribution in [0.25, 0.3) is 0 Å². The molecule has 0 bridgehead atoms. The third-order valence-electron chi connectivity index (χ3n) is 2.69. The van der Waals surface area contributed by atoms with Gasteiger partial charge in [0.1, 0.15) is 16.4 Å². The molecule has 7 nitrogen and oxygen atoms in total. The van der Waals surface area contributed by atoms with Gasteiger partial charge >= 0.3 is 0 Å². The summed E-state index contributed by atoms with van der Waals surface area (Å²) in [5, 5.41) is 12.0. The number of nitrogens with one attached hydrogen (secondary N) is 2. The van der Waals surface area contributed by atoms with Gasteiger partial charge in [-0.15, -0.1) is 0 Å². The Hall–Kier alpha value is -1.35. The summed E-state index contributed by atoms with van der Waals surface area (Å²) >= 11 is 0. The molecule has 8 heteroatoms. The summed E-state index contributed by atoms with van der Waals surface area (Å²) < 4.78 is 37.0. The lowest BCUT2D eigenvalue weighted by Gasteiger charge is -2.12. The maximum Gasteiger partial charge on any atom is 0.244 e. The fourth-order valence-electron chi connectivity index (χ4n) is 1.66. The van der Waals surface area contributed by atoms with Gasteiger partial charge in [0.25, 0.3) is 0 Å². The quantitative estimate of drug-likeness (QED) is 0.553. The van der Waals surface area contributed by atoms with Crippen molar-refractivity contribution < 1.29 is 23.0 Å². The van der Waals surface area contributed by atoms with Crippen LogP contribution in [0.3, 0.4) is 0 Å². The minimum Gasteiger partial charge on any atom is -0.497 e. The molecule has 1 aromatic rings. The minimum absolute atomic E-state index is 0.0568. The molecule has 0 aliphatic rings. The largest absolute Gasteiger partial charge is 0.497 e. The predicted molar refractivity (Wildman–Crippen MR) is 79.3 cm³/mol. The van der Waals surface area contributed by atoms with Crippen molar-refractivity contribution in [3.63, 3.8) is 0 Å². The molecule has 0 spiro atoms. The van der Waals surface area contributed by atoms with Gasteiger partial charge < -0.3 is 19.9 Å². The molecule has 3 N–H and O–H groups in total. The van der Waals surface area contributed by atoms with Crippen molar-refractivity contribution >= 4 is 10.0 Å². The zero-order valence-corrected chi connectivity index (χ0v) is 13.2. The zero-order chi connectivity index (χ0) is 15.9. The lowest BCUT2D eigenvalue weighted by atomic mass is 10.3. The summed E-state index contributed by atoms with van der Waals surface area (Å²) in [6.45, 7) is 2.69. The molecule has 1 aromatic carbocycles. The number of hydrogen-bond donors (Lipinski definition) is 3. The second kappa shape index (κ2) is 8.18. The highest BCUT2D eigenvalue weighted by Crippen LogP contribution is 2.27. The predicted octanol–water partition coefficient (Wildman–Crippen LogP) is -0.0475. The molecular formula is C13H22N2O5S. The monoisotopic (exact) mass is 318 g/mol. The molecule has 0 aromatic heterocycles. The second-order valence-electron chi connectivity index (χ2n) is 4.47. The molecule has 0 aliphatic carbocycles. The van der Waals surface area contributed by atoms with E-state index in [1.165, 1.54) is 26.4 Å². The Morgan fingerprint density at radius 1 is 1.24 bits per heavy atom. The van der Waals surface area contributed by atoms with E-state index in [9.17, 15) is 8.42 Å². The number of aliphatic hydroxyl groups is 1. The number of benzene rings is 1. The molecule has 120 valence electrons. The number of aliphatic hydroxyl groups excluding tert-OH is 1. The topological polar surface area (TPSA) is 96.9 Å². The lowest BCUT2D eigenvalue weighted by molar-refractivity contribution is 0.192. The SMILES string of the molecule is COc1ccc(S(=O)(=O)NCCNCC(C)O)c(OC)c1. The molecule has 0 amide bonds. The summed E-state index contributed by atoms with van der Waals surface area (Å²) in [6.07, 6.45) is -0.469. The van der Waals surface area contributed by atoms with Crippen LogP contribution in [0.2, 0.25) is 0 Å². The summed E-state index contributed by atoms with van der Waals surface area (Å²) in [6, 6.07) is 4.51. The highest BCUT2D eigenvalue weighted by molar-refractivity contribution is 7.89. The summed E-state index contributed by atoms with van der Waals surface area (Å²) in [5.74, 6) is 0.739. The van der Waals surface area contributed by atoms with E-state index in [4.69, 9.17) is 14.6 Å². The van der Waals surface area contributed by atoms with Crippen LogP contribution in [-0.2, 0) is 10.0 Å². The third kappa shape index (κ3) is 5.50. The van der Waals surface area contributed by atoms with Crippen molar-refractivity contribution in [2.75, 3.05) is 33.9 Å². The molecule has 21 heavy (non-hydrogen) atoms. The lowest BCUT2D eigenvalue weighted by Crippen LogP contribution is -2.34. The Bertz CT molecular complexity index is 545. The summed E-state index contributed by atoms with van der Waals surface area (Å²) in [5.41, 5.74) is 0. The highest BCUT2D eigenvalue weighted by atomic mass is 32.2. The standard InChI is InChI=1S/C13H22N2O5S/c1-10(16)9-14-6-7-15-21(17,18)13-5-4-11(19-2)8-12(13)20-3/h4-5,8,10,14-16H,6-7,9H2,1-3H3. The Morgan fingerprint density at radius 2 is 1.95 bits per heavy atom. The van der Waals surface area contributed by atoms with Crippen molar-refractivity contribution in [3.05, 3.63) is 18.2 Å². The van der Waals surface area contributed by atoms with Crippen LogP contribution in [0.4, 0.5) is 0 Å².